The molecule has 1 aromatic carbocycles. The highest BCUT2D eigenvalue weighted by Gasteiger charge is 2.12. The number of aromatic nitrogens is 2. The molecule has 112 valence electrons. The van der Waals surface area contributed by atoms with Crippen LogP contribution in [0.25, 0.3) is 0 Å². The van der Waals surface area contributed by atoms with Crippen molar-refractivity contribution in [2.45, 2.75) is 26.9 Å². The number of hydrogen-bond acceptors (Lipinski definition) is 6. The van der Waals surface area contributed by atoms with Gasteiger partial charge in [0.15, 0.2) is 18.1 Å². The first-order chi connectivity index (χ1) is 10.1. The van der Waals surface area contributed by atoms with Crippen molar-refractivity contribution in [3.8, 4) is 11.5 Å². The Kier molecular flexibility index (Phi) is 4.76. The van der Waals surface area contributed by atoms with Crippen molar-refractivity contribution in [2.24, 2.45) is 0 Å². The van der Waals surface area contributed by atoms with Gasteiger partial charge in [-0.25, -0.2) is 4.79 Å². The second kappa shape index (κ2) is 6.74. The van der Waals surface area contributed by atoms with Gasteiger partial charge in [0.05, 0.1) is 12.2 Å². The smallest absolute Gasteiger partial charge is 0.335 e. The Labute approximate surface area is 121 Å². The molecule has 1 N–H and O–H groups in total. The topological polar surface area (TPSA) is 94.7 Å². The van der Waals surface area contributed by atoms with E-state index in [-0.39, 0.29) is 12.2 Å². The first kappa shape index (κ1) is 14.8. The molecule has 0 saturated heterocycles. The number of aromatic carboxylic acids is 1. The van der Waals surface area contributed by atoms with E-state index in [2.05, 4.69) is 10.2 Å². The summed E-state index contributed by atoms with van der Waals surface area (Å²) in [5.41, 5.74) is 0.136. The summed E-state index contributed by atoms with van der Waals surface area (Å²) in [7, 11) is 0. The maximum Gasteiger partial charge on any atom is 0.335 e. The lowest BCUT2D eigenvalue weighted by atomic mass is 10.2. The molecule has 0 amide bonds. The number of ether oxygens (including phenoxy) is 2. The van der Waals surface area contributed by atoms with Crippen molar-refractivity contribution in [2.75, 3.05) is 6.61 Å². The zero-order valence-corrected chi connectivity index (χ0v) is 11.8. The van der Waals surface area contributed by atoms with Gasteiger partial charge in [0.2, 0.25) is 5.89 Å². The predicted octanol–water partition coefficient (Wildman–Crippen LogP) is 2.31. The maximum absolute atomic E-state index is 11.0. The van der Waals surface area contributed by atoms with Gasteiger partial charge >= 0.3 is 5.97 Å². The summed E-state index contributed by atoms with van der Waals surface area (Å²) < 4.78 is 16.3. The number of carbonyl (C=O) groups is 1. The largest absolute Gasteiger partial charge is 0.490 e. The molecule has 0 aliphatic rings. The Bertz CT molecular complexity index is 624. The van der Waals surface area contributed by atoms with Gasteiger partial charge < -0.3 is 19.0 Å². The SMILES string of the molecule is CCOc1cc(C(=O)O)ccc1OCc1nnc(CC)o1. The highest BCUT2D eigenvalue weighted by atomic mass is 16.5. The van der Waals surface area contributed by atoms with Crippen molar-refractivity contribution < 1.29 is 23.8 Å². The van der Waals surface area contributed by atoms with Crippen LogP contribution in [0, 0.1) is 0 Å². The number of nitrogens with zero attached hydrogens (tertiary/aromatic N) is 2. The highest BCUT2D eigenvalue weighted by Crippen LogP contribution is 2.29. The number of rotatable bonds is 7. The van der Waals surface area contributed by atoms with Crippen molar-refractivity contribution in [1.29, 1.82) is 0 Å². The predicted molar refractivity (Wildman–Crippen MR) is 72.6 cm³/mol. The molecule has 0 aliphatic heterocycles. The number of hydrogen-bond donors (Lipinski definition) is 1. The summed E-state index contributed by atoms with van der Waals surface area (Å²) in [4.78, 5) is 11.0. The molecule has 2 aromatic rings. The summed E-state index contributed by atoms with van der Waals surface area (Å²) in [5, 5.41) is 16.7. The first-order valence-corrected chi connectivity index (χ1v) is 6.58. The Morgan fingerprint density at radius 3 is 2.57 bits per heavy atom. The van der Waals surface area contributed by atoms with Crippen LogP contribution in [-0.2, 0) is 13.0 Å². The molecular formula is C14H16N2O5. The van der Waals surface area contributed by atoms with Crippen LogP contribution in [0.15, 0.2) is 22.6 Å². The van der Waals surface area contributed by atoms with E-state index < -0.39 is 5.97 Å². The van der Waals surface area contributed by atoms with E-state index in [1.807, 2.05) is 13.8 Å². The standard InChI is InChI=1S/C14H16N2O5/c1-3-12-15-16-13(21-12)8-20-10-6-5-9(14(17)18)7-11(10)19-4-2/h5-7H,3-4,8H2,1-2H3,(H,17,18). The summed E-state index contributed by atoms with van der Waals surface area (Å²) in [6.07, 6.45) is 0.657. The molecule has 21 heavy (non-hydrogen) atoms. The van der Waals surface area contributed by atoms with Crippen molar-refractivity contribution >= 4 is 5.97 Å². The Hall–Kier alpha value is -2.57. The zero-order chi connectivity index (χ0) is 15.2. The lowest BCUT2D eigenvalue weighted by Crippen LogP contribution is -2.02. The Balaban J connectivity index is 2.12. The molecule has 7 nitrogen and oxygen atoms in total. The van der Waals surface area contributed by atoms with E-state index in [0.717, 1.165) is 0 Å². The molecule has 0 spiro atoms. The zero-order valence-electron chi connectivity index (χ0n) is 11.8. The van der Waals surface area contributed by atoms with Gasteiger partial charge in [-0.05, 0) is 25.1 Å². The summed E-state index contributed by atoms with van der Waals surface area (Å²) in [5.74, 6) is 0.675. The quantitative estimate of drug-likeness (QED) is 0.836. The van der Waals surface area contributed by atoms with E-state index in [0.29, 0.717) is 36.3 Å². The molecule has 0 saturated carbocycles. The number of aryl methyl sites for hydroxylation is 1. The van der Waals surface area contributed by atoms with E-state index in [9.17, 15) is 4.79 Å². The van der Waals surface area contributed by atoms with E-state index in [1.165, 1.54) is 12.1 Å². The number of carboxylic acid groups (broad SMARTS) is 1. The molecule has 0 radical (unpaired) electrons. The van der Waals surface area contributed by atoms with Gasteiger partial charge in [-0.15, -0.1) is 10.2 Å². The van der Waals surface area contributed by atoms with Gasteiger partial charge in [0.1, 0.15) is 0 Å². The first-order valence-electron chi connectivity index (χ1n) is 6.58. The van der Waals surface area contributed by atoms with Gasteiger partial charge in [-0.2, -0.15) is 0 Å². The average molecular weight is 292 g/mol. The fourth-order valence-corrected chi connectivity index (χ4v) is 1.66. The monoisotopic (exact) mass is 292 g/mol. The van der Waals surface area contributed by atoms with Crippen LogP contribution in [0.5, 0.6) is 11.5 Å². The van der Waals surface area contributed by atoms with Crippen molar-refractivity contribution in [3.05, 3.63) is 35.5 Å². The molecule has 0 bridgehead atoms. The lowest BCUT2D eigenvalue weighted by molar-refractivity contribution is 0.0696. The van der Waals surface area contributed by atoms with Crippen molar-refractivity contribution in [3.63, 3.8) is 0 Å². The van der Waals surface area contributed by atoms with Gasteiger partial charge in [0, 0.05) is 6.42 Å². The molecule has 1 heterocycles. The fraction of sp³-hybridized carbons (Fsp3) is 0.357. The van der Waals surface area contributed by atoms with Crippen LogP contribution in [0.4, 0.5) is 0 Å². The van der Waals surface area contributed by atoms with Crippen LogP contribution >= 0.6 is 0 Å². The Morgan fingerprint density at radius 1 is 1.19 bits per heavy atom. The molecule has 0 atom stereocenters. The summed E-state index contributed by atoms with van der Waals surface area (Å²) in [6, 6.07) is 4.42. The summed E-state index contributed by atoms with van der Waals surface area (Å²) >= 11 is 0. The molecule has 2 rings (SSSR count). The molecule has 0 aliphatic carbocycles. The maximum atomic E-state index is 11.0. The minimum absolute atomic E-state index is 0.0967. The van der Waals surface area contributed by atoms with Crippen LogP contribution < -0.4 is 9.47 Å². The van der Waals surface area contributed by atoms with Gasteiger partial charge in [-0.1, -0.05) is 6.92 Å². The normalized spacial score (nSPS) is 10.4. The van der Waals surface area contributed by atoms with Crippen LogP contribution in [-0.4, -0.2) is 27.9 Å². The van der Waals surface area contributed by atoms with Crippen LogP contribution in [0.1, 0.15) is 36.0 Å². The van der Waals surface area contributed by atoms with Crippen LogP contribution in [0.2, 0.25) is 0 Å². The third kappa shape index (κ3) is 3.71. The van der Waals surface area contributed by atoms with E-state index >= 15 is 0 Å². The molecular weight excluding hydrogens is 276 g/mol. The second-order valence-electron chi connectivity index (χ2n) is 4.13. The number of carboxylic acids is 1. The fourth-order valence-electron chi connectivity index (χ4n) is 1.66. The van der Waals surface area contributed by atoms with Crippen molar-refractivity contribution in [1.82, 2.24) is 10.2 Å². The third-order valence-electron chi connectivity index (χ3n) is 2.65. The Morgan fingerprint density at radius 2 is 1.95 bits per heavy atom. The molecule has 1 aromatic heterocycles. The second-order valence-corrected chi connectivity index (χ2v) is 4.13. The lowest BCUT2D eigenvalue weighted by Gasteiger charge is -2.11. The van der Waals surface area contributed by atoms with E-state index in [1.54, 1.807) is 6.07 Å². The van der Waals surface area contributed by atoms with E-state index in [4.69, 9.17) is 19.0 Å². The average Bonchev–Trinajstić information content (AvgIpc) is 2.94. The molecule has 0 fully saturated rings. The summed E-state index contributed by atoms with van der Waals surface area (Å²) in [6.45, 7) is 4.22. The number of benzene rings is 1. The highest BCUT2D eigenvalue weighted by molar-refractivity contribution is 5.88. The van der Waals surface area contributed by atoms with Crippen LogP contribution in [0.3, 0.4) is 0 Å². The molecule has 0 unspecified atom stereocenters. The minimum atomic E-state index is -1.02. The minimum Gasteiger partial charge on any atom is -0.490 e. The molecule has 7 heteroatoms. The van der Waals surface area contributed by atoms with Gasteiger partial charge in [-0.3, -0.25) is 0 Å². The van der Waals surface area contributed by atoms with Gasteiger partial charge in [0.25, 0.3) is 5.89 Å². The third-order valence-corrected chi connectivity index (χ3v) is 2.65.